The molecule has 130 valence electrons. The number of halogens is 1. The van der Waals surface area contributed by atoms with E-state index in [1.807, 2.05) is 25.1 Å². The van der Waals surface area contributed by atoms with E-state index in [4.69, 9.17) is 21.1 Å². The number of carbonyl (C=O) groups excluding carboxylic acids is 1. The van der Waals surface area contributed by atoms with Gasteiger partial charge in [0.15, 0.2) is 5.65 Å². The second-order valence-corrected chi connectivity index (χ2v) is 6.09. The van der Waals surface area contributed by atoms with Gasteiger partial charge in [-0.1, -0.05) is 23.7 Å². The summed E-state index contributed by atoms with van der Waals surface area (Å²) in [7, 11) is 0. The highest BCUT2D eigenvalue weighted by molar-refractivity contribution is 6.32. The summed E-state index contributed by atoms with van der Waals surface area (Å²) in [5, 5.41) is 4.76. The number of esters is 1. The number of benzene rings is 1. The van der Waals surface area contributed by atoms with Gasteiger partial charge in [0, 0.05) is 24.8 Å². The first-order chi connectivity index (χ1) is 12.0. The lowest BCUT2D eigenvalue weighted by molar-refractivity contribution is -0.145. The zero-order valence-corrected chi connectivity index (χ0v) is 14.7. The largest absolute Gasteiger partial charge is 0.463 e. The molecule has 25 heavy (non-hydrogen) atoms. The van der Waals surface area contributed by atoms with Crippen LogP contribution in [0.4, 0.5) is 0 Å². The summed E-state index contributed by atoms with van der Waals surface area (Å²) in [4.78, 5) is 15.6. The predicted molar refractivity (Wildman–Crippen MR) is 94.1 cm³/mol. The molecule has 1 unspecified atom stereocenters. The zero-order chi connectivity index (χ0) is 17.8. The molecule has 2 aromatic heterocycles. The molecule has 3 rings (SSSR count). The molecule has 0 aliphatic rings. The molecular formula is C18H18ClN3O3. The minimum absolute atomic E-state index is 0.173. The summed E-state index contributed by atoms with van der Waals surface area (Å²) in [5.41, 5.74) is 1.51. The molecule has 0 aliphatic carbocycles. The molecule has 0 saturated heterocycles. The SMILES string of the molecule is CC(=O)OC(C)CCc1cc(Oc2ccccc2Cl)n2nccc2n1. The number of carbonyl (C=O) groups is 1. The first kappa shape index (κ1) is 17.2. The maximum absolute atomic E-state index is 11.0. The van der Waals surface area contributed by atoms with E-state index in [-0.39, 0.29) is 12.1 Å². The molecule has 3 aromatic rings. The Morgan fingerprint density at radius 2 is 2.12 bits per heavy atom. The van der Waals surface area contributed by atoms with Crippen molar-refractivity contribution < 1.29 is 14.3 Å². The lowest BCUT2D eigenvalue weighted by Gasteiger charge is -2.13. The van der Waals surface area contributed by atoms with Gasteiger partial charge in [0.25, 0.3) is 0 Å². The Kier molecular flexibility index (Phi) is 5.19. The highest BCUT2D eigenvalue weighted by Gasteiger charge is 2.12. The standard InChI is InChI=1S/C18H18ClN3O3/c1-12(24-13(2)23)7-8-14-11-18(22-17(21-14)9-10-20-22)25-16-6-4-3-5-15(16)19/h3-6,9-12H,7-8H2,1-2H3. The number of fused-ring (bicyclic) bond motifs is 1. The molecule has 2 heterocycles. The molecule has 0 radical (unpaired) electrons. The van der Waals surface area contributed by atoms with Gasteiger partial charge < -0.3 is 9.47 Å². The van der Waals surface area contributed by atoms with Crippen molar-refractivity contribution in [1.29, 1.82) is 0 Å². The van der Waals surface area contributed by atoms with E-state index in [0.29, 0.717) is 35.1 Å². The van der Waals surface area contributed by atoms with E-state index < -0.39 is 0 Å². The number of hydrogen-bond acceptors (Lipinski definition) is 5. The molecule has 0 fully saturated rings. The molecule has 1 aromatic carbocycles. The minimum Gasteiger partial charge on any atom is -0.463 e. The summed E-state index contributed by atoms with van der Waals surface area (Å²) in [6, 6.07) is 10.9. The minimum atomic E-state index is -0.283. The van der Waals surface area contributed by atoms with Crippen molar-refractivity contribution >= 4 is 23.2 Å². The van der Waals surface area contributed by atoms with Gasteiger partial charge in [0.05, 0.1) is 17.3 Å². The molecule has 0 amide bonds. The molecule has 0 bridgehead atoms. The third-order valence-electron chi connectivity index (χ3n) is 3.61. The smallest absolute Gasteiger partial charge is 0.302 e. The van der Waals surface area contributed by atoms with Gasteiger partial charge in [-0.3, -0.25) is 4.79 Å². The Balaban J connectivity index is 1.84. The van der Waals surface area contributed by atoms with Crippen LogP contribution >= 0.6 is 11.6 Å². The van der Waals surface area contributed by atoms with Crippen molar-refractivity contribution in [2.24, 2.45) is 0 Å². The van der Waals surface area contributed by atoms with Gasteiger partial charge in [0.2, 0.25) is 5.88 Å². The monoisotopic (exact) mass is 359 g/mol. The van der Waals surface area contributed by atoms with E-state index in [1.54, 1.807) is 28.9 Å². The van der Waals surface area contributed by atoms with E-state index >= 15 is 0 Å². The summed E-state index contributed by atoms with van der Waals surface area (Å²) in [6.45, 7) is 3.27. The van der Waals surface area contributed by atoms with Gasteiger partial charge >= 0.3 is 5.97 Å². The van der Waals surface area contributed by atoms with Crippen LogP contribution in [-0.2, 0) is 16.0 Å². The van der Waals surface area contributed by atoms with Gasteiger partial charge in [-0.05, 0) is 31.9 Å². The maximum atomic E-state index is 11.0. The van der Waals surface area contributed by atoms with Crippen molar-refractivity contribution in [3.05, 3.63) is 53.3 Å². The third-order valence-corrected chi connectivity index (χ3v) is 3.92. The van der Waals surface area contributed by atoms with Crippen molar-refractivity contribution in [3.8, 4) is 11.6 Å². The zero-order valence-electron chi connectivity index (χ0n) is 14.0. The van der Waals surface area contributed by atoms with Crippen LogP contribution in [0.3, 0.4) is 0 Å². The number of aromatic nitrogens is 3. The van der Waals surface area contributed by atoms with Crippen LogP contribution in [-0.4, -0.2) is 26.7 Å². The topological polar surface area (TPSA) is 65.7 Å². The maximum Gasteiger partial charge on any atom is 0.302 e. The lowest BCUT2D eigenvalue weighted by atomic mass is 10.1. The molecule has 0 spiro atoms. The van der Waals surface area contributed by atoms with Crippen LogP contribution in [0, 0.1) is 0 Å². The highest BCUT2D eigenvalue weighted by atomic mass is 35.5. The molecule has 0 aliphatic heterocycles. The van der Waals surface area contributed by atoms with Gasteiger partial charge in [0.1, 0.15) is 5.75 Å². The number of aryl methyl sites for hydroxylation is 1. The normalized spacial score (nSPS) is 12.1. The summed E-state index contributed by atoms with van der Waals surface area (Å²) < 4.78 is 12.7. The average molecular weight is 360 g/mol. The fourth-order valence-corrected chi connectivity index (χ4v) is 2.64. The number of ether oxygens (including phenoxy) is 2. The predicted octanol–water partition coefficient (Wildman–Crippen LogP) is 4.06. The summed E-state index contributed by atoms with van der Waals surface area (Å²) in [6.07, 6.45) is 2.80. The second kappa shape index (κ2) is 7.53. The van der Waals surface area contributed by atoms with Crippen LogP contribution in [0.15, 0.2) is 42.6 Å². The summed E-state index contributed by atoms with van der Waals surface area (Å²) >= 11 is 6.17. The number of rotatable bonds is 6. The second-order valence-electron chi connectivity index (χ2n) is 5.68. The molecule has 7 heteroatoms. The average Bonchev–Trinajstić information content (AvgIpc) is 3.03. The van der Waals surface area contributed by atoms with Gasteiger partial charge in [-0.25, -0.2) is 4.98 Å². The highest BCUT2D eigenvalue weighted by Crippen LogP contribution is 2.29. The molecule has 0 N–H and O–H groups in total. The first-order valence-electron chi connectivity index (χ1n) is 7.96. The Bertz CT molecular complexity index is 894. The van der Waals surface area contributed by atoms with Crippen molar-refractivity contribution in [3.63, 3.8) is 0 Å². The quantitative estimate of drug-likeness (QED) is 0.621. The molecular weight excluding hydrogens is 342 g/mol. The Morgan fingerprint density at radius 1 is 1.32 bits per heavy atom. The van der Waals surface area contributed by atoms with Crippen molar-refractivity contribution in [2.45, 2.75) is 32.8 Å². The fourth-order valence-electron chi connectivity index (χ4n) is 2.47. The Morgan fingerprint density at radius 3 is 2.88 bits per heavy atom. The Hall–Kier alpha value is -2.60. The summed E-state index contributed by atoms with van der Waals surface area (Å²) in [5.74, 6) is 0.791. The first-order valence-corrected chi connectivity index (χ1v) is 8.34. The number of nitrogens with zero attached hydrogens (tertiary/aromatic N) is 3. The molecule has 1 atom stereocenters. The molecule has 6 nitrogen and oxygen atoms in total. The number of hydrogen-bond donors (Lipinski definition) is 0. The van der Waals surface area contributed by atoms with Gasteiger partial charge in [-0.15, -0.1) is 0 Å². The van der Waals surface area contributed by atoms with Crippen LogP contribution < -0.4 is 4.74 Å². The lowest BCUT2D eigenvalue weighted by Crippen LogP contribution is -2.13. The van der Waals surface area contributed by atoms with E-state index in [2.05, 4.69) is 10.1 Å². The van der Waals surface area contributed by atoms with E-state index in [0.717, 1.165) is 5.69 Å². The van der Waals surface area contributed by atoms with Crippen molar-refractivity contribution in [1.82, 2.24) is 14.6 Å². The number of para-hydroxylation sites is 1. The van der Waals surface area contributed by atoms with Crippen molar-refractivity contribution in [2.75, 3.05) is 0 Å². The van der Waals surface area contributed by atoms with E-state index in [9.17, 15) is 4.79 Å². The van der Waals surface area contributed by atoms with Crippen LogP contribution in [0.5, 0.6) is 11.6 Å². The fraction of sp³-hybridized carbons (Fsp3) is 0.278. The molecule has 0 saturated carbocycles. The van der Waals surface area contributed by atoms with Crippen LogP contribution in [0.2, 0.25) is 5.02 Å². The van der Waals surface area contributed by atoms with Crippen LogP contribution in [0.1, 0.15) is 26.0 Å². The van der Waals surface area contributed by atoms with Gasteiger partial charge in [-0.2, -0.15) is 9.61 Å². The Labute approximate surface area is 150 Å². The van der Waals surface area contributed by atoms with Crippen LogP contribution in [0.25, 0.3) is 5.65 Å². The third kappa shape index (κ3) is 4.28. The van der Waals surface area contributed by atoms with E-state index in [1.165, 1.54) is 6.92 Å².